The molecule has 0 aliphatic rings. The van der Waals surface area contributed by atoms with E-state index in [0.29, 0.717) is 0 Å². The molecule has 0 rings (SSSR count). The van der Waals surface area contributed by atoms with Gasteiger partial charge in [-0.3, -0.25) is 4.79 Å². The Morgan fingerprint density at radius 3 is 1.64 bits per heavy atom. The fourth-order valence-electron chi connectivity index (χ4n) is 0. The van der Waals surface area contributed by atoms with E-state index < -0.39 is 12.0 Å². The van der Waals surface area contributed by atoms with Gasteiger partial charge in [0, 0.05) is 0 Å². The van der Waals surface area contributed by atoms with Gasteiger partial charge in [-0.15, -0.1) is 0 Å². The standard InChI is InChI=1S/C3H10N2.C3H7NO2/c1-2-3(4)5;1-2(4)3(5)6/h3H,2,4-5H2,1H3;2H,4H2,1H3,(H,5,6)/t;2-/m.0/s1. The van der Waals surface area contributed by atoms with Crippen LogP contribution >= 0.6 is 0 Å². The van der Waals surface area contributed by atoms with Crippen molar-refractivity contribution >= 4 is 5.97 Å². The highest BCUT2D eigenvalue weighted by molar-refractivity contribution is 5.72. The van der Waals surface area contributed by atoms with E-state index in [1.54, 1.807) is 0 Å². The third kappa shape index (κ3) is 17.6. The van der Waals surface area contributed by atoms with Crippen LogP contribution in [0, 0.1) is 0 Å². The SMILES string of the molecule is CCC(N)N.C[C@H](N)C(=O)O. The normalized spacial score (nSPS) is 11.8. The van der Waals surface area contributed by atoms with Crippen molar-refractivity contribution in [1.82, 2.24) is 0 Å². The van der Waals surface area contributed by atoms with E-state index in [4.69, 9.17) is 22.3 Å². The average Bonchev–Trinajstić information content (AvgIpc) is 1.89. The molecule has 1 atom stereocenters. The van der Waals surface area contributed by atoms with Crippen LogP contribution in [0.2, 0.25) is 0 Å². The maximum absolute atomic E-state index is 9.57. The van der Waals surface area contributed by atoms with E-state index in [0.717, 1.165) is 6.42 Å². The summed E-state index contributed by atoms with van der Waals surface area (Å²) in [6.07, 6.45) is 0.745. The Morgan fingerprint density at radius 2 is 1.64 bits per heavy atom. The van der Waals surface area contributed by atoms with Crippen molar-refractivity contribution in [3.8, 4) is 0 Å². The molecule has 5 nitrogen and oxygen atoms in total. The van der Waals surface area contributed by atoms with Gasteiger partial charge in [-0.25, -0.2) is 0 Å². The van der Waals surface area contributed by atoms with Gasteiger partial charge in [0.05, 0.1) is 6.17 Å². The molecule has 0 fully saturated rings. The van der Waals surface area contributed by atoms with E-state index in [2.05, 4.69) is 0 Å². The van der Waals surface area contributed by atoms with Gasteiger partial charge in [0.2, 0.25) is 0 Å². The van der Waals surface area contributed by atoms with Crippen LogP contribution in [0.1, 0.15) is 20.3 Å². The highest BCUT2D eigenvalue weighted by Crippen LogP contribution is 1.68. The number of nitrogens with two attached hydrogens (primary N) is 3. The number of carboxylic acids is 1. The first kappa shape index (κ1) is 13.0. The molecule has 0 aromatic carbocycles. The Morgan fingerprint density at radius 1 is 1.45 bits per heavy atom. The zero-order valence-corrected chi connectivity index (χ0v) is 6.95. The minimum Gasteiger partial charge on any atom is -0.480 e. The largest absolute Gasteiger partial charge is 0.480 e. The highest BCUT2D eigenvalue weighted by atomic mass is 16.4. The third-order valence-corrected chi connectivity index (χ3v) is 0.861. The molecule has 11 heavy (non-hydrogen) atoms. The fraction of sp³-hybridized carbons (Fsp3) is 0.833. The van der Waals surface area contributed by atoms with Gasteiger partial charge in [-0.1, -0.05) is 6.92 Å². The van der Waals surface area contributed by atoms with Gasteiger partial charge in [-0.05, 0) is 13.3 Å². The summed E-state index contributed by atoms with van der Waals surface area (Å²) in [6, 6.07) is -0.731. The molecule has 0 spiro atoms. The Hall–Kier alpha value is -0.650. The number of hydrogen-bond donors (Lipinski definition) is 4. The van der Waals surface area contributed by atoms with Crippen LogP contribution in [-0.2, 0) is 4.79 Å². The molecule has 0 saturated carbocycles. The van der Waals surface area contributed by atoms with Crippen LogP contribution < -0.4 is 17.2 Å². The summed E-state index contributed by atoms with van der Waals surface area (Å²) >= 11 is 0. The number of carbonyl (C=O) groups is 1. The number of aliphatic carboxylic acids is 1. The summed E-state index contributed by atoms with van der Waals surface area (Å²) in [6.45, 7) is 3.37. The molecule has 0 aromatic rings. The molecule has 5 heteroatoms. The van der Waals surface area contributed by atoms with Crippen LogP contribution in [0.4, 0.5) is 0 Å². The molecule has 7 N–H and O–H groups in total. The molecule has 0 aliphatic carbocycles. The van der Waals surface area contributed by atoms with Crippen molar-refractivity contribution in [1.29, 1.82) is 0 Å². The smallest absolute Gasteiger partial charge is 0.320 e. The molecule has 0 aliphatic heterocycles. The minimum atomic E-state index is -0.963. The molecule has 0 saturated heterocycles. The summed E-state index contributed by atoms with van der Waals surface area (Å²) in [5.41, 5.74) is 15.0. The van der Waals surface area contributed by atoms with E-state index in [9.17, 15) is 4.79 Å². The molecule has 0 amide bonds. The molecular weight excluding hydrogens is 146 g/mol. The average molecular weight is 163 g/mol. The molecular formula is C6H17N3O2. The highest BCUT2D eigenvalue weighted by Gasteiger charge is 1.99. The van der Waals surface area contributed by atoms with Gasteiger partial charge in [0.15, 0.2) is 0 Å². The molecule has 0 bridgehead atoms. The zero-order chi connectivity index (χ0) is 9.44. The number of rotatable bonds is 2. The third-order valence-electron chi connectivity index (χ3n) is 0.861. The zero-order valence-electron chi connectivity index (χ0n) is 6.95. The first-order valence-electron chi connectivity index (χ1n) is 3.41. The van der Waals surface area contributed by atoms with Crippen LogP contribution in [0.25, 0.3) is 0 Å². The monoisotopic (exact) mass is 163 g/mol. The maximum Gasteiger partial charge on any atom is 0.320 e. The Labute approximate surface area is 66.5 Å². The van der Waals surface area contributed by atoms with E-state index in [1.165, 1.54) is 6.92 Å². The van der Waals surface area contributed by atoms with Crippen molar-refractivity contribution in [2.75, 3.05) is 0 Å². The van der Waals surface area contributed by atoms with Gasteiger partial charge in [-0.2, -0.15) is 0 Å². The van der Waals surface area contributed by atoms with Gasteiger partial charge >= 0.3 is 5.97 Å². The summed E-state index contributed by atoms with van der Waals surface area (Å²) in [7, 11) is 0. The Balaban J connectivity index is 0. The summed E-state index contributed by atoms with van der Waals surface area (Å²) in [5, 5.41) is 7.87. The minimum absolute atomic E-state index is 0.116. The van der Waals surface area contributed by atoms with Crippen molar-refractivity contribution in [3.63, 3.8) is 0 Å². The summed E-state index contributed by atoms with van der Waals surface area (Å²) in [4.78, 5) is 9.57. The summed E-state index contributed by atoms with van der Waals surface area (Å²) in [5.74, 6) is -0.963. The van der Waals surface area contributed by atoms with Crippen LogP contribution in [0.3, 0.4) is 0 Å². The predicted molar refractivity (Wildman–Crippen MR) is 43.7 cm³/mol. The van der Waals surface area contributed by atoms with E-state index in [1.807, 2.05) is 6.92 Å². The maximum atomic E-state index is 9.57. The van der Waals surface area contributed by atoms with E-state index >= 15 is 0 Å². The topological polar surface area (TPSA) is 115 Å². The lowest BCUT2D eigenvalue weighted by molar-refractivity contribution is -0.138. The second kappa shape index (κ2) is 7.46. The molecule has 0 radical (unpaired) electrons. The second-order valence-electron chi connectivity index (χ2n) is 2.20. The lowest BCUT2D eigenvalue weighted by atomic mass is 10.4. The lowest BCUT2D eigenvalue weighted by Gasteiger charge is -1.92. The first-order chi connectivity index (χ1) is 4.91. The van der Waals surface area contributed by atoms with Crippen LogP contribution in [0.5, 0.6) is 0 Å². The summed E-state index contributed by atoms with van der Waals surface area (Å²) < 4.78 is 0. The molecule has 0 unspecified atom stereocenters. The second-order valence-corrected chi connectivity index (χ2v) is 2.20. The van der Waals surface area contributed by atoms with E-state index in [-0.39, 0.29) is 6.17 Å². The quantitative estimate of drug-likeness (QED) is 0.392. The van der Waals surface area contributed by atoms with Crippen molar-refractivity contribution in [3.05, 3.63) is 0 Å². The lowest BCUT2D eigenvalue weighted by Crippen LogP contribution is -2.28. The van der Waals surface area contributed by atoms with Crippen LogP contribution in [0.15, 0.2) is 0 Å². The van der Waals surface area contributed by atoms with Crippen molar-refractivity contribution < 1.29 is 9.90 Å². The number of hydrogen-bond acceptors (Lipinski definition) is 4. The Kier molecular flexibility index (Phi) is 8.80. The molecule has 0 aromatic heterocycles. The fourth-order valence-corrected chi connectivity index (χ4v) is 0. The van der Waals surface area contributed by atoms with Gasteiger partial charge in [0.1, 0.15) is 6.04 Å². The Bertz CT molecular complexity index is 104. The van der Waals surface area contributed by atoms with Gasteiger partial charge < -0.3 is 22.3 Å². The van der Waals surface area contributed by atoms with Crippen molar-refractivity contribution in [2.45, 2.75) is 32.5 Å². The first-order valence-corrected chi connectivity index (χ1v) is 3.41. The molecule has 0 heterocycles. The van der Waals surface area contributed by atoms with Gasteiger partial charge in [0.25, 0.3) is 0 Å². The molecule has 68 valence electrons. The van der Waals surface area contributed by atoms with Crippen molar-refractivity contribution in [2.24, 2.45) is 17.2 Å². The van der Waals surface area contributed by atoms with Crippen LogP contribution in [-0.4, -0.2) is 23.3 Å². The number of carboxylic acid groups (broad SMARTS) is 1. The predicted octanol–water partition coefficient (Wildman–Crippen LogP) is -0.942.